The maximum Gasteiger partial charge on any atom is 0.124 e. The van der Waals surface area contributed by atoms with Crippen LogP contribution < -0.4 is 5.32 Å². The van der Waals surface area contributed by atoms with Crippen LogP contribution in [0, 0.1) is 5.82 Å². The molecule has 0 aromatic heterocycles. The van der Waals surface area contributed by atoms with Crippen molar-refractivity contribution in [3.05, 3.63) is 34.1 Å². The average molecular weight is 320 g/mol. The summed E-state index contributed by atoms with van der Waals surface area (Å²) in [5, 5.41) is 3.52. The van der Waals surface area contributed by atoms with Crippen molar-refractivity contribution in [2.75, 3.05) is 11.5 Å². The summed E-state index contributed by atoms with van der Waals surface area (Å²) in [5.74, 6) is 2.03. The van der Waals surface area contributed by atoms with Gasteiger partial charge >= 0.3 is 0 Å². The summed E-state index contributed by atoms with van der Waals surface area (Å²) in [4.78, 5) is 0. The van der Waals surface area contributed by atoms with E-state index in [1.165, 1.54) is 12.1 Å². The van der Waals surface area contributed by atoms with Gasteiger partial charge in [0, 0.05) is 22.3 Å². The van der Waals surface area contributed by atoms with Gasteiger partial charge in [-0.2, -0.15) is 11.8 Å². The smallest absolute Gasteiger partial charge is 0.124 e. The third kappa shape index (κ3) is 4.98. The van der Waals surface area contributed by atoms with Crippen LogP contribution in [-0.4, -0.2) is 17.5 Å². The third-order valence-corrected chi connectivity index (χ3v) is 4.37. The number of nitrogens with one attached hydrogen (secondary N) is 1. The van der Waals surface area contributed by atoms with E-state index < -0.39 is 0 Å². The average Bonchev–Trinajstić information content (AvgIpc) is 2.26. The van der Waals surface area contributed by atoms with Crippen LogP contribution in [0.4, 0.5) is 4.39 Å². The first-order valence-electron chi connectivity index (χ1n) is 5.83. The van der Waals surface area contributed by atoms with E-state index in [1.807, 2.05) is 17.8 Å². The Labute approximate surface area is 116 Å². The Morgan fingerprint density at radius 1 is 1.41 bits per heavy atom. The van der Waals surface area contributed by atoms with Crippen LogP contribution in [-0.2, 0) is 0 Å². The Hall–Kier alpha value is -0.0600. The van der Waals surface area contributed by atoms with Crippen molar-refractivity contribution < 1.29 is 4.39 Å². The monoisotopic (exact) mass is 319 g/mol. The lowest BCUT2D eigenvalue weighted by atomic mass is 10.1. The lowest BCUT2D eigenvalue weighted by molar-refractivity contribution is 0.509. The quantitative estimate of drug-likeness (QED) is 0.835. The highest BCUT2D eigenvalue weighted by Crippen LogP contribution is 2.24. The maximum absolute atomic E-state index is 13.0. The third-order valence-electron chi connectivity index (χ3n) is 2.54. The van der Waals surface area contributed by atoms with Crippen molar-refractivity contribution in [1.29, 1.82) is 0 Å². The predicted molar refractivity (Wildman–Crippen MR) is 78.1 cm³/mol. The molecule has 0 aliphatic carbocycles. The van der Waals surface area contributed by atoms with Gasteiger partial charge in [0.15, 0.2) is 0 Å². The Bertz CT molecular complexity index is 359. The molecule has 2 unspecified atom stereocenters. The van der Waals surface area contributed by atoms with E-state index >= 15 is 0 Å². The Kier molecular flexibility index (Phi) is 6.52. The maximum atomic E-state index is 13.0. The first-order chi connectivity index (χ1) is 8.04. The van der Waals surface area contributed by atoms with Crippen LogP contribution in [0.1, 0.15) is 32.4 Å². The molecule has 1 aromatic rings. The van der Waals surface area contributed by atoms with Crippen molar-refractivity contribution in [1.82, 2.24) is 5.32 Å². The molecule has 1 nitrogen and oxygen atoms in total. The summed E-state index contributed by atoms with van der Waals surface area (Å²) in [6.07, 6.45) is 0. The number of rotatable bonds is 6. The van der Waals surface area contributed by atoms with E-state index in [0.717, 1.165) is 21.5 Å². The van der Waals surface area contributed by atoms with E-state index in [2.05, 4.69) is 42.0 Å². The summed E-state index contributed by atoms with van der Waals surface area (Å²) in [6, 6.07) is 5.52. The zero-order chi connectivity index (χ0) is 12.8. The molecule has 96 valence electrons. The molecule has 0 saturated heterocycles. The lowest BCUT2D eigenvalue weighted by Gasteiger charge is -2.21. The highest BCUT2D eigenvalue weighted by Gasteiger charge is 2.12. The van der Waals surface area contributed by atoms with Gasteiger partial charge in [-0.15, -0.1) is 0 Å². The molecule has 0 heterocycles. The Morgan fingerprint density at radius 2 is 2.12 bits per heavy atom. The van der Waals surface area contributed by atoms with Crippen molar-refractivity contribution in [3.8, 4) is 0 Å². The van der Waals surface area contributed by atoms with Gasteiger partial charge in [-0.3, -0.25) is 0 Å². The van der Waals surface area contributed by atoms with Gasteiger partial charge in [-0.1, -0.05) is 28.9 Å². The van der Waals surface area contributed by atoms with Gasteiger partial charge in [0.2, 0.25) is 0 Å². The highest BCUT2D eigenvalue weighted by molar-refractivity contribution is 9.10. The predicted octanol–water partition coefficient (Wildman–Crippen LogP) is 4.38. The fraction of sp³-hybridized carbons (Fsp3) is 0.538. The summed E-state index contributed by atoms with van der Waals surface area (Å²) in [5.41, 5.74) is 1.10. The molecule has 2 atom stereocenters. The molecular weight excluding hydrogens is 301 g/mol. The van der Waals surface area contributed by atoms with Crippen molar-refractivity contribution in [2.45, 2.75) is 32.9 Å². The normalized spacial score (nSPS) is 14.6. The molecule has 4 heteroatoms. The number of hydrogen-bond acceptors (Lipinski definition) is 2. The van der Waals surface area contributed by atoms with Crippen LogP contribution in [0.25, 0.3) is 0 Å². The molecule has 0 radical (unpaired) electrons. The van der Waals surface area contributed by atoms with Crippen molar-refractivity contribution >= 4 is 27.7 Å². The van der Waals surface area contributed by atoms with Crippen molar-refractivity contribution in [3.63, 3.8) is 0 Å². The number of thioether (sulfide) groups is 1. The zero-order valence-electron chi connectivity index (χ0n) is 10.5. The van der Waals surface area contributed by atoms with E-state index in [-0.39, 0.29) is 11.9 Å². The van der Waals surface area contributed by atoms with Gasteiger partial charge in [0.25, 0.3) is 0 Å². The molecule has 0 saturated carbocycles. The first kappa shape index (κ1) is 15.0. The van der Waals surface area contributed by atoms with Gasteiger partial charge in [-0.25, -0.2) is 4.39 Å². The van der Waals surface area contributed by atoms with Crippen LogP contribution in [0.3, 0.4) is 0 Å². The zero-order valence-corrected chi connectivity index (χ0v) is 12.9. The summed E-state index contributed by atoms with van der Waals surface area (Å²) >= 11 is 5.33. The minimum Gasteiger partial charge on any atom is -0.307 e. The van der Waals surface area contributed by atoms with Crippen LogP contribution in [0.15, 0.2) is 22.7 Å². The van der Waals surface area contributed by atoms with Crippen LogP contribution in [0.2, 0.25) is 0 Å². The molecule has 1 N–H and O–H groups in total. The molecule has 1 rings (SSSR count). The summed E-state index contributed by atoms with van der Waals surface area (Å²) < 4.78 is 13.8. The molecule has 0 fully saturated rings. The van der Waals surface area contributed by atoms with Crippen LogP contribution >= 0.6 is 27.7 Å². The summed E-state index contributed by atoms with van der Waals surface area (Å²) in [6.45, 7) is 6.44. The van der Waals surface area contributed by atoms with E-state index in [1.54, 1.807) is 0 Å². The molecule has 0 aliphatic heterocycles. The standard InChI is InChI=1S/C13H19BrFNS/c1-4-17-8-9(2)16-10(3)12-6-5-11(15)7-13(12)14/h5-7,9-10,16H,4,8H2,1-3H3. The Balaban J connectivity index is 2.60. The van der Waals surface area contributed by atoms with Gasteiger partial charge in [0.05, 0.1) is 0 Å². The minimum absolute atomic E-state index is 0.206. The molecular formula is C13H19BrFNS. The molecule has 17 heavy (non-hydrogen) atoms. The van der Waals surface area contributed by atoms with E-state index in [4.69, 9.17) is 0 Å². The second-order valence-corrected chi connectivity index (χ2v) is 6.29. The minimum atomic E-state index is -0.206. The highest BCUT2D eigenvalue weighted by atomic mass is 79.9. The lowest BCUT2D eigenvalue weighted by Crippen LogP contribution is -2.31. The fourth-order valence-corrected chi connectivity index (χ4v) is 3.09. The number of halogens is 2. The SMILES string of the molecule is CCSCC(C)NC(C)c1ccc(F)cc1Br. The number of hydrogen-bond donors (Lipinski definition) is 1. The molecule has 0 amide bonds. The molecule has 1 aromatic carbocycles. The van der Waals surface area contributed by atoms with E-state index in [0.29, 0.717) is 6.04 Å². The molecule has 0 bridgehead atoms. The first-order valence-corrected chi connectivity index (χ1v) is 7.78. The number of benzene rings is 1. The van der Waals surface area contributed by atoms with Crippen LogP contribution in [0.5, 0.6) is 0 Å². The van der Waals surface area contributed by atoms with Gasteiger partial charge in [0.1, 0.15) is 5.82 Å². The largest absolute Gasteiger partial charge is 0.307 e. The Morgan fingerprint density at radius 3 is 2.71 bits per heavy atom. The van der Waals surface area contributed by atoms with Gasteiger partial charge < -0.3 is 5.32 Å². The fourth-order valence-electron chi connectivity index (χ4n) is 1.71. The second kappa shape index (κ2) is 7.39. The second-order valence-electron chi connectivity index (χ2n) is 4.11. The topological polar surface area (TPSA) is 12.0 Å². The van der Waals surface area contributed by atoms with Crippen molar-refractivity contribution in [2.24, 2.45) is 0 Å². The van der Waals surface area contributed by atoms with Gasteiger partial charge in [-0.05, 0) is 37.3 Å². The molecule has 0 spiro atoms. The van der Waals surface area contributed by atoms with E-state index in [9.17, 15) is 4.39 Å². The molecule has 0 aliphatic rings. The summed E-state index contributed by atoms with van der Waals surface area (Å²) in [7, 11) is 0.